The number of hydrogen-bond donors (Lipinski definition) is 1. The molecule has 0 amide bonds. The highest BCUT2D eigenvalue weighted by molar-refractivity contribution is 7.16. The van der Waals surface area contributed by atoms with Crippen molar-refractivity contribution in [3.63, 3.8) is 0 Å². The lowest BCUT2D eigenvalue weighted by Crippen LogP contribution is -1.99. The second-order valence-corrected chi connectivity index (χ2v) is 4.94. The number of fused-ring (bicyclic) bond motifs is 1. The number of carbonyl (C=O) groups is 1. The zero-order chi connectivity index (χ0) is 14.1. The normalized spacial score (nSPS) is 10.6. The van der Waals surface area contributed by atoms with Crippen LogP contribution in [-0.2, 0) is 0 Å². The summed E-state index contributed by atoms with van der Waals surface area (Å²) in [5.41, 5.74) is 0.490. The van der Waals surface area contributed by atoms with E-state index in [1.54, 1.807) is 36.4 Å². The molecule has 20 heavy (non-hydrogen) atoms. The van der Waals surface area contributed by atoms with E-state index in [1.807, 2.05) is 0 Å². The number of carboxylic acids is 1. The van der Waals surface area contributed by atoms with Crippen LogP contribution in [0.5, 0.6) is 11.5 Å². The molecule has 0 atom stereocenters. The van der Waals surface area contributed by atoms with Crippen molar-refractivity contribution in [1.29, 1.82) is 0 Å². The van der Waals surface area contributed by atoms with E-state index < -0.39 is 5.97 Å². The predicted octanol–water partition coefficient (Wildman–Crippen LogP) is 3.35. The molecule has 0 aliphatic carbocycles. The van der Waals surface area contributed by atoms with Crippen LogP contribution in [0, 0.1) is 0 Å². The maximum atomic E-state index is 11.1. The summed E-state index contributed by atoms with van der Waals surface area (Å²) < 4.78 is 11.3. The molecule has 3 aromatic rings. The van der Waals surface area contributed by atoms with Crippen molar-refractivity contribution < 1.29 is 19.1 Å². The summed E-state index contributed by atoms with van der Waals surface area (Å²) in [6.07, 6.45) is 0. The van der Waals surface area contributed by atoms with Gasteiger partial charge in [-0.3, -0.25) is 0 Å². The highest BCUT2D eigenvalue weighted by Gasteiger charge is 2.12. The van der Waals surface area contributed by atoms with Crippen molar-refractivity contribution in [2.45, 2.75) is 0 Å². The number of carboxylic acid groups (broad SMARTS) is 1. The molecule has 0 bridgehead atoms. The lowest BCUT2D eigenvalue weighted by Gasteiger charge is -2.08. The summed E-state index contributed by atoms with van der Waals surface area (Å²) in [4.78, 5) is 21.8. The van der Waals surface area contributed by atoms with Crippen LogP contribution in [0.3, 0.4) is 0 Å². The fourth-order valence-corrected chi connectivity index (χ4v) is 2.42. The van der Waals surface area contributed by atoms with E-state index in [2.05, 4.69) is 0 Å². The topological polar surface area (TPSA) is 76.7 Å². The summed E-state index contributed by atoms with van der Waals surface area (Å²) in [5.74, 6) is -0.423. The summed E-state index contributed by atoms with van der Waals surface area (Å²) in [6.45, 7) is 0. The second-order valence-electron chi connectivity index (χ2n) is 3.97. The van der Waals surface area contributed by atoms with Gasteiger partial charge >= 0.3 is 10.9 Å². The van der Waals surface area contributed by atoms with Gasteiger partial charge in [0, 0.05) is 6.07 Å². The third kappa shape index (κ3) is 2.28. The van der Waals surface area contributed by atoms with Gasteiger partial charge in [0.2, 0.25) is 0 Å². The van der Waals surface area contributed by atoms with E-state index in [4.69, 9.17) is 14.3 Å². The monoisotopic (exact) mass is 288 g/mol. The van der Waals surface area contributed by atoms with Crippen LogP contribution < -0.4 is 9.68 Å². The summed E-state index contributed by atoms with van der Waals surface area (Å²) >= 11 is 1.00. The smallest absolute Gasteiger partial charge is 0.396 e. The number of para-hydroxylation sites is 1. The zero-order valence-corrected chi connectivity index (χ0v) is 10.8. The van der Waals surface area contributed by atoms with Crippen molar-refractivity contribution in [3.05, 3.63) is 57.8 Å². The van der Waals surface area contributed by atoms with Gasteiger partial charge in [0.05, 0.1) is 4.70 Å². The lowest BCUT2D eigenvalue weighted by molar-refractivity contribution is 0.0694. The first-order valence-corrected chi connectivity index (χ1v) is 6.49. The Balaban J connectivity index is 2.00. The molecule has 0 radical (unpaired) electrons. The lowest BCUT2D eigenvalue weighted by atomic mass is 10.2. The fraction of sp³-hybridized carbons (Fsp3) is 0. The minimum atomic E-state index is -1.07. The Kier molecular flexibility index (Phi) is 3.00. The molecule has 0 unspecified atom stereocenters. The quantitative estimate of drug-likeness (QED) is 0.799. The number of aromatic carboxylic acids is 1. The Morgan fingerprint density at radius 3 is 2.80 bits per heavy atom. The van der Waals surface area contributed by atoms with Crippen LogP contribution in [0.25, 0.3) is 10.3 Å². The minimum Gasteiger partial charge on any atom is -0.478 e. The van der Waals surface area contributed by atoms with Crippen LogP contribution in [0.1, 0.15) is 10.4 Å². The molecule has 5 nitrogen and oxygen atoms in total. The van der Waals surface area contributed by atoms with E-state index >= 15 is 0 Å². The molecule has 0 saturated heterocycles. The Hall–Kier alpha value is -2.60. The average molecular weight is 288 g/mol. The van der Waals surface area contributed by atoms with Crippen molar-refractivity contribution in [2.75, 3.05) is 0 Å². The third-order valence-electron chi connectivity index (χ3n) is 2.65. The van der Waals surface area contributed by atoms with Crippen molar-refractivity contribution in [1.82, 2.24) is 0 Å². The maximum absolute atomic E-state index is 11.1. The Bertz CT molecular complexity index is 846. The molecule has 0 aliphatic heterocycles. The number of ether oxygens (including phenoxy) is 1. The molecule has 0 aliphatic rings. The molecule has 1 N–H and O–H groups in total. The molecule has 6 heteroatoms. The number of rotatable bonds is 3. The predicted molar refractivity (Wildman–Crippen MR) is 73.8 cm³/mol. The van der Waals surface area contributed by atoms with E-state index in [0.29, 0.717) is 16.0 Å². The van der Waals surface area contributed by atoms with Crippen molar-refractivity contribution in [3.8, 4) is 11.5 Å². The van der Waals surface area contributed by atoms with E-state index in [1.165, 1.54) is 6.07 Å². The molecule has 0 fully saturated rings. The van der Waals surface area contributed by atoms with E-state index in [9.17, 15) is 9.59 Å². The highest BCUT2D eigenvalue weighted by atomic mass is 32.1. The van der Waals surface area contributed by atoms with Crippen LogP contribution >= 0.6 is 11.3 Å². The van der Waals surface area contributed by atoms with Crippen LogP contribution in [-0.4, -0.2) is 11.1 Å². The number of benzene rings is 2. The van der Waals surface area contributed by atoms with Gasteiger partial charge in [-0.25, -0.2) is 9.59 Å². The van der Waals surface area contributed by atoms with E-state index in [0.717, 1.165) is 11.3 Å². The molecule has 1 aromatic heterocycles. The third-order valence-corrected chi connectivity index (χ3v) is 3.45. The van der Waals surface area contributed by atoms with Crippen LogP contribution in [0.2, 0.25) is 0 Å². The summed E-state index contributed by atoms with van der Waals surface area (Å²) in [5, 5.41) is 9.08. The minimum absolute atomic E-state index is 0.0689. The molecule has 100 valence electrons. The molecule has 2 aromatic carbocycles. The van der Waals surface area contributed by atoms with Gasteiger partial charge in [-0.15, -0.1) is 0 Å². The van der Waals surface area contributed by atoms with Gasteiger partial charge in [0.1, 0.15) is 17.1 Å². The first-order valence-electron chi connectivity index (χ1n) is 5.67. The average Bonchev–Trinajstić information content (AvgIpc) is 2.78. The van der Waals surface area contributed by atoms with Crippen LogP contribution in [0.4, 0.5) is 0 Å². The summed E-state index contributed by atoms with van der Waals surface area (Å²) in [6, 6.07) is 11.3. The van der Waals surface area contributed by atoms with Crippen molar-refractivity contribution >= 4 is 27.6 Å². The van der Waals surface area contributed by atoms with Gasteiger partial charge in [-0.1, -0.05) is 23.5 Å². The Morgan fingerprint density at radius 1 is 1.20 bits per heavy atom. The van der Waals surface area contributed by atoms with Crippen LogP contribution in [0.15, 0.2) is 51.7 Å². The fourth-order valence-electron chi connectivity index (χ4n) is 1.78. The Morgan fingerprint density at radius 2 is 2.00 bits per heavy atom. The van der Waals surface area contributed by atoms with E-state index in [-0.39, 0.29) is 16.3 Å². The molecule has 1 heterocycles. The molecule has 0 saturated carbocycles. The molecule has 3 rings (SSSR count). The standard InChI is InChI=1S/C14H8O5S/c15-13(16)9-3-1-2-4-10(9)18-8-5-6-12-11(7-8)19-14(17)20-12/h1-7H,(H,15,16). The van der Waals surface area contributed by atoms with Gasteiger partial charge in [-0.05, 0) is 24.3 Å². The molecular formula is C14H8O5S. The van der Waals surface area contributed by atoms with Gasteiger partial charge < -0.3 is 14.3 Å². The first kappa shape index (κ1) is 12.4. The summed E-state index contributed by atoms with van der Waals surface area (Å²) in [7, 11) is 0. The van der Waals surface area contributed by atoms with Gasteiger partial charge in [0.15, 0.2) is 5.58 Å². The van der Waals surface area contributed by atoms with Gasteiger partial charge in [0.25, 0.3) is 0 Å². The highest BCUT2D eigenvalue weighted by Crippen LogP contribution is 2.28. The number of hydrogen-bond acceptors (Lipinski definition) is 5. The first-order chi connectivity index (χ1) is 9.63. The Labute approximate surface area is 116 Å². The SMILES string of the molecule is O=C(O)c1ccccc1Oc1ccc2sc(=O)oc2c1. The molecule has 0 spiro atoms. The van der Waals surface area contributed by atoms with Gasteiger partial charge in [-0.2, -0.15) is 0 Å². The zero-order valence-electron chi connectivity index (χ0n) is 10.0. The van der Waals surface area contributed by atoms with Crippen molar-refractivity contribution in [2.24, 2.45) is 0 Å². The largest absolute Gasteiger partial charge is 0.478 e. The molecular weight excluding hydrogens is 280 g/mol. The maximum Gasteiger partial charge on any atom is 0.396 e. The second kappa shape index (κ2) is 4.82.